The number of hydrogen-bond acceptors (Lipinski definition) is 4. The molecule has 0 radical (unpaired) electrons. The molecule has 142 valence electrons. The third kappa shape index (κ3) is 3.24. The van der Waals surface area contributed by atoms with Crippen LogP contribution in [0.4, 0.5) is 0 Å². The molecule has 6 nitrogen and oxygen atoms in total. The molecular formula is C23H17N3O3. The summed E-state index contributed by atoms with van der Waals surface area (Å²) in [6.07, 6.45) is 3.35. The number of pyridine rings is 1. The lowest BCUT2D eigenvalue weighted by molar-refractivity contribution is -0.121. The van der Waals surface area contributed by atoms with Gasteiger partial charge in [0.05, 0.1) is 17.3 Å². The van der Waals surface area contributed by atoms with Crippen LogP contribution in [-0.4, -0.2) is 27.2 Å². The maximum Gasteiger partial charge on any atom is 0.263 e. The molecule has 1 aromatic heterocycles. The Morgan fingerprint density at radius 3 is 2.52 bits per heavy atom. The van der Waals surface area contributed by atoms with Crippen LogP contribution in [0.3, 0.4) is 0 Å². The number of carbonyl (C=O) groups excluding carboxylic acids is 1. The van der Waals surface area contributed by atoms with Gasteiger partial charge in [-0.2, -0.15) is 5.26 Å². The Kier molecular flexibility index (Phi) is 4.82. The molecule has 0 aliphatic carbocycles. The van der Waals surface area contributed by atoms with E-state index in [2.05, 4.69) is 6.07 Å². The molecule has 6 heteroatoms. The van der Waals surface area contributed by atoms with Crippen LogP contribution in [0.15, 0.2) is 77.7 Å². The number of nitriles is 1. The second-order valence-electron chi connectivity index (χ2n) is 6.63. The zero-order chi connectivity index (χ0) is 20.4. The van der Waals surface area contributed by atoms with Crippen molar-refractivity contribution in [3.63, 3.8) is 0 Å². The smallest absolute Gasteiger partial charge is 0.263 e. The van der Waals surface area contributed by atoms with Gasteiger partial charge < -0.3 is 5.11 Å². The zero-order valence-electron chi connectivity index (χ0n) is 15.4. The summed E-state index contributed by atoms with van der Waals surface area (Å²) in [6, 6.07) is 19.8. The van der Waals surface area contributed by atoms with Crippen LogP contribution in [0.5, 0.6) is 0 Å². The largest absolute Gasteiger partial charge is 0.373 e. The van der Waals surface area contributed by atoms with Crippen molar-refractivity contribution in [1.29, 1.82) is 5.26 Å². The van der Waals surface area contributed by atoms with Crippen LogP contribution in [-0.2, 0) is 4.79 Å². The summed E-state index contributed by atoms with van der Waals surface area (Å²) in [5.41, 5.74) is 2.74. The highest BCUT2D eigenvalue weighted by Crippen LogP contribution is 2.30. The summed E-state index contributed by atoms with van der Waals surface area (Å²) >= 11 is 0. The standard InChI is InChI=1S/C23H17N3O3/c24-13-16-6-4-5-9-19(16)20-12-17(21-10-11-22(28)26(21)15-27)14-25(23(20)29)18-7-2-1-3-8-18/h1-10,12,14-15,22,28H,11H2. The number of amides is 1. The first-order chi connectivity index (χ1) is 14.1. The van der Waals surface area contributed by atoms with Gasteiger partial charge in [0.2, 0.25) is 6.41 Å². The maximum atomic E-state index is 13.3. The summed E-state index contributed by atoms with van der Waals surface area (Å²) in [7, 11) is 0. The zero-order valence-corrected chi connectivity index (χ0v) is 15.4. The van der Waals surface area contributed by atoms with Crippen LogP contribution in [0.1, 0.15) is 17.5 Å². The number of benzene rings is 2. The van der Waals surface area contributed by atoms with Crippen molar-refractivity contribution in [1.82, 2.24) is 9.47 Å². The van der Waals surface area contributed by atoms with E-state index in [1.807, 2.05) is 18.2 Å². The van der Waals surface area contributed by atoms with Crippen LogP contribution in [0.2, 0.25) is 0 Å². The van der Waals surface area contributed by atoms with Crippen molar-refractivity contribution >= 4 is 12.1 Å². The molecule has 1 amide bonds. The van der Waals surface area contributed by atoms with Gasteiger partial charge in [0.15, 0.2) is 0 Å². The van der Waals surface area contributed by atoms with Gasteiger partial charge in [-0.1, -0.05) is 42.5 Å². The minimum Gasteiger partial charge on any atom is -0.373 e. The lowest BCUT2D eigenvalue weighted by Gasteiger charge is -2.21. The van der Waals surface area contributed by atoms with Gasteiger partial charge in [-0.05, 0) is 24.3 Å². The second-order valence-corrected chi connectivity index (χ2v) is 6.63. The molecule has 0 saturated heterocycles. The minimum atomic E-state index is -0.936. The molecule has 4 rings (SSSR count). The summed E-state index contributed by atoms with van der Waals surface area (Å²) in [6.45, 7) is 0. The monoisotopic (exact) mass is 383 g/mol. The van der Waals surface area contributed by atoms with Crippen molar-refractivity contribution < 1.29 is 9.90 Å². The molecule has 1 N–H and O–H groups in total. The number of aliphatic hydroxyl groups excluding tert-OH is 1. The van der Waals surface area contributed by atoms with Crippen LogP contribution in [0, 0.1) is 11.3 Å². The van der Waals surface area contributed by atoms with Gasteiger partial charge in [0, 0.05) is 35.0 Å². The number of aromatic nitrogens is 1. The Labute approximate surface area is 167 Å². The first kappa shape index (κ1) is 18.4. The van der Waals surface area contributed by atoms with Crippen molar-refractivity contribution in [3.05, 3.63) is 94.4 Å². The lowest BCUT2D eigenvalue weighted by Crippen LogP contribution is -2.28. The number of carbonyl (C=O) groups is 1. The molecule has 2 aromatic carbocycles. The van der Waals surface area contributed by atoms with E-state index >= 15 is 0 Å². The lowest BCUT2D eigenvalue weighted by atomic mass is 9.99. The molecule has 2 heterocycles. The molecule has 0 spiro atoms. The summed E-state index contributed by atoms with van der Waals surface area (Å²) in [5.74, 6) is 0. The Hall–Kier alpha value is -3.95. The molecule has 1 aliphatic heterocycles. The van der Waals surface area contributed by atoms with E-state index in [0.29, 0.717) is 46.5 Å². The Balaban J connectivity index is 2.00. The number of hydrogen-bond donors (Lipinski definition) is 1. The summed E-state index contributed by atoms with van der Waals surface area (Å²) in [5, 5.41) is 19.6. The molecule has 1 unspecified atom stereocenters. The van der Waals surface area contributed by atoms with E-state index in [1.54, 1.807) is 54.7 Å². The Morgan fingerprint density at radius 1 is 1.07 bits per heavy atom. The average Bonchev–Trinajstić information content (AvgIpc) is 3.15. The van der Waals surface area contributed by atoms with E-state index in [1.165, 1.54) is 9.47 Å². The average molecular weight is 383 g/mol. The SMILES string of the molecule is N#Cc1ccccc1-c1cc(C2=CCC(O)N2C=O)cn(-c2ccccc2)c1=O. The first-order valence-corrected chi connectivity index (χ1v) is 9.08. The van der Waals surface area contributed by atoms with Gasteiger partial charge in [-0.15, -0.1) is 0 Å². The molecule has 29 heavy (non-hydrogen) atoms. The molecule has 0 bridgehead atoms. The number of para-hydroxylation sites is 1. The highest BCUT2D eigenvalue weighted by atomic mass is 16.3. The van der Waals surface area contributed by atoms with Crippen molar-refractivity contribution in [2.24, 2.45) is 0 Å². The van der Waals surface area contributed by atoms with Gasteiger partial charge in [-0.3, -0.25) is 19.1 Å². The number of aliphatic hydroxyl groups is 1. The Bertz CT molecular complexity index is 1210. The van der Waals surface area contributed by atoms with E-state index in [0.717, 1.165) is 0 Å². The third-order valence-electron chi connectivity index (χ3n) is 4.92. The molecule has 0 fully saturated rings. The molecule has 1 aliphatic rings. The fourth-order valence-electron chi connectivity index (χ4n) is 3.50. The van der Waals surface area contributed by atoms with Gasteiger partial charge in [0.25, 0.3) is 5.56 Å². The van der Waals surface area contributed by atoms with E-state index in [4.69, 9.17) is 0 Å². The number of nitrogens with zero attached hydrogens (tertiary/aromatic N) is 3. The fourth-order valence-corrected chi connectivity index (χ4v) is 3.50. The molecule has 1 atom stereocenters. The van der Waals surface area contributed by atoms with E-state index < -0.39 is 6.23 Å². The van der Waals surface area contributed by atoms with Gasteiger partial charge >= 0.3 is 0 Å². The normalized spacial score (nSPS) is 15.7. The second kappa shape index (κ2) is 7.58. The fraction of sp³-hybridized carbons (Fsp3) is 0.0870. The predicted octanol–water partition coefficient (Wildman–Crippen LogP) is 2.90. The third-order valence-corrected chi connectivity index (χ3v) is 4.92. The minimum absolute atomic E-state index is 0.278. The topological polar surface area (TPSA) is 86.3 Å². The van der Waals surface area contributed by atoms with Crippen molar-refractivity contribution in [3.8, 4) is 22.9 Å². The van der Waals surface area contributed by atoms with E-state index in [9.17, 15) is 20.0 Å². The highest BCUT2D eigenvalue weighted by Gasteiger charge is 2.26. The van der Waals surface area contributed by atoms with Gasteiger partial charge in [0.1, 0.15) is 6.23 Å². The first-order valence-electron chi connectivity index (χ1n) is 9.08. The summed E-state index contributed by atoms with van der Waals surface area (Å²) in [4.78, 5) is 26.0. The van der Waals surface area contributed by atoms with Crippen LogP contribution in [0.25, 0.3) is 22.5 Å². The quantitative estimate of drug-likeness (QED) is 0.702. The van der Waals surface area contributed by atoms with E-state index in [-0.39, 0.29) is 5.56 Å². The molecular weight excluding hydrogens is 366 g/mol. The van der Waals surface area contributed by atoms with Crippen LogP contribution >= 0.6 is 0 Å². The highest BCUT2D eigenvalue weighted by molar-refractivity contribution is 5.79. The predicted molar refractivity (Wildman–Crippen MR) is 109 cm³/mol. The van der Waals surface area contributed by atoms with Crippen molar-refractivity contribution in [2.75, 3.05) is 0 Å². The summed E-state index contributed by atoms with van der Waals surface area (Å²) < 4.78 is 1.49. The van der Waals surface area contributed by atoms with Crippen molar-refractivity contribution in [2.45, 2.75) is 12.6 Å². The van der Waals surface area contributed by atoms with Gasteiger partial charge in [-0.25, -0.2) is 0 Å². The number of rotatable bonds is 4. The molecule has 3 aromatic rings. The maximum absolute atomic E-state index is 13.3. The molecule has 0 saturated carbocycles. The van der Waals surface area contributed by atoms with Crippen LogP contribution < -0.4 is 5.56 Å². The Morgan fingerprint density at radius 2 is 1.79 bits per heavy atom.